The third-order valence-corrected chi connectivity index (χ3v) is 2.76. The van der Waals surface area contributed by atoms with Crippen LogP contribution >= 0.6 is 0 Å². The lowest BCUT2D eigenvalue weighted by Gasteiger charge is -2.18. The third kappa shape index (κ3) is 3.44. The highest BCUT2D eigenvalue weighted by molar-refractivity contribution is 5.42. The maximum atomic E-state index is 13.0. The van der Waals surface area contributed by atoms with Crippen molar-refractivity contribution in [3.8, 4) is 5.75 Å². The molecular weight excluding hydrogens is 243 g/mol. The normalized spacial score (nSPS) is 11.9. The molecule has 0 spiro atoms. The largest absolute Gasteiger partial charge is 0.494 e. The molecule has 2 aromatic rings. The first-order valence-corrected chi connectivity index (χ1v) is 6.31. The summed E-state index contributed by atoms with van der Waals surface area (Å²) in [5.41, 5.74) is 1.02. The average Bonchev–Trinajstić information content (AvgIpc) is 2.39. The Labute approximate surface area is 112 Å². The molecule has 0 saturated heterocycles. The van der Waals surface area contributed by atoms with Crippen molar-refractivity contribution in [3.05, 3.63) is 54.0 Å². The number of aromatic nitrogens is 1. The van der Waals surface area contributed by atoms with Crippen LogP contribution in [-0.4, -0.2) is 11.6 Å². The number of hydrogen-bond acceptors (Lipinski definition) is 3. The summed E-state index contributed by atoms with van der Waals surface area (Å²) in [4.78, 5) is 3.80. The number of hydrogen-bond donors (Lipinski definition) is 1. The van der Waals surface area contributed by atoms with Crippen molar-refractivity contribution < 1.29 is 9.13 Å². The SMILES string of the molecule is CCOc1ccccc1C(C)Nc1cccc(F)n1. The Hall–Kier alpha value is -2.10. The highest BCUT2D eigenvalue weighted by Crippen LogP contribution is 2.27. The van der Waals surface area contributed by atoms with E-state index in [1.165, 1.54) is 6.07 Å². The fourth-order valence-electron chi connectivity index (χ4n) is 1.91. The van der Waals surface area contributed by atoms with Crippen LogP contribution in [0.5, 0.6) is 5.75 Å². The third-order valence-electron chi connectivity index (χ3n) is 2.76. The van der Waals surface area contributed by atoms with E-state index in [0.29, 0.717) is 12.4 Å². The van der Waals surface area contributed by atoms with Gasteiger partial charge in [0.05, 0.1) is 12.6 Å². The number of rotatable bonds is 5. The summed E-state index contributed by atoms with van der Waals surface area (Å²) in [6.07, 6.45) is 0. The lowest BCUT2D eigenvalue weighted by molar-refractivity contribution is 0.335. The van der Waals surface area contributed by atoms with Gasteiger partial charge in [-0.25, -0.2) is 4.98 Å². The fraction of sp³-hybridized carbons (Fsp3) is 0.267. The molecule has 1 heterocycles. The van der Waals surface area contributed by atoms with Gasteiger partial charge in [0.1, 0.15) is 11.6 Å². The molecule has 2 rings (SSSR count). The lowest BCUT2D eigenvalue weighted by Crippen LogP contribution is -2.10. The van der Waals surface area contributed by atoms with Gasteiger partial charge in [0.2, 0.25) is 5.95 Å². The van der Waals surface area contributed by atoms with Gasteiger partial charge in [0, 0.05) is 5.56 Å². The van der Waals surface area contributed by atoms with Crippen LogP contribution in [0.3, 0.4) is 0 Å². The molecule has 1 aromatic heterocycles. The van der Waals surface area contributed by atoms with Crippen molar-refractivity contribution in [1.82, 2.24) is 4.98 Å². The molecule has 0 aliphatic carbocycles. The van der Waals surface area contributed by atoms with Gasteiger partial charge in [-0.1, -0.05) is 24.3 Å². The van der Waals surface area contributed by atoms with Gasteiger partial charge in [0.15, 0.2) is 0 Å². The molecule has 1 atom stereocenters. The van der Waals surface area contributed by atoms with Crippen LogP contribution in [0.4, 0.5) is 10.2 Å². The highest BCUT2D eigenvalue weighted by Gasteiger charge is 2.11. The van der Waals surface area contributed by atoms with Gasteiger partial charge >= 0.3 is 0 Å². The summed E-state index contributed by atoms with van der Waals surface area (Å²) < 4.78 is 18.6. The van der Waals surface area contributed by atoms with Crippen LogP contribution in [0, 0.1) is 5.95 Å². The fourth-order valence-corrected chi connectivity index (χ4v) is 1.91. The molecule has 4 heteroatoms. The molecular formula is C15H17FN2O. The van der Waals surface area contributed by atoms with Crippen molar-refractivity contribution in [2.24, 2.45) is 0 Å². The molecule has 1 unspecified atom stereocenters. The molecule has 0 saturated carbocycles. The van der Waals surface area contributed by atoms with E-state index in [2.05, 4.69) is 10.3 Å². The molecule has 0 fully saturated rings. The number of anilines is 1. The van der Waals surface area contributed by atoms with E-state index in [1.54, 1.807) is 12.1 Å². The molecule has 1 N–H and O–H groups in total. The van der Waals surface area contributed by atoms with E-state index in [1.807, 2.05) is 38.1 Å². The van der Waals surface area contributed by atoms with Gasteiger partial charge in [-0.3, -0.25) is 0 Å². The van der Waals surface area contributed by atoms with Crippen LogP contribution in [0.15, 0.2) is 42.5 Å². The molecule has 0 aliphatic rings. The van der Waals surface area contributed by atoms with Crippen molar-refractivity contribution in [3.63, 3.8) is 0 Å². The zero-order chi connectivity index (χ0) is 13.7. The van der Waals surface area contributed by atoms with Gasteiger partial charge in [-0.2, -0.15) is 4.39 Å². The standard InChI is InChI=1S/C15H17FN2O/c1-3-19-13-8-5-4-7-12(13)11(2)17-15-10-6-9-14(16)18-15/h4-11H,3H2,1-2H3,(H,17,18). The maximum Gasteiger partial charge on any atom is 0.214 e. The zero-order valence-electron chi connectivity index (χ0n) is 11.1. The Morgan fingerprint density at radius 3 is 2.74 bits per heavy atom. The molecule has 0 bridgehead atoms. The van der Waals surface area contributed by atoms with Gasteiger partial charge in [-0.15, -0.1) is 0 Å². The van der Waals surface area contributed by atoms with Crippen LogP contribution in [0.2, 0.25) is 0 Å². The summed E-state index contributed by atoms with van der Waals surface area (Å²) >= 11 is 0. The Balaban J connectivity index is 2.17. The van der Waals surface area contributed by atoms with Crippen LogP contribution in [0.25, 0.3) is 0 Å². The highest BCUT2D eigenvalue weighted by atomic mass is 19.1. The summed E-state index contributed by atoms with van der Waals surface area (Å²) in [6.45, 7) is 4.55. The van der Waals surface area contributed by atoms with E-state index in [9.17, 15) is 4.39 Å². The Bertz CT molecular complexity index is 545. The number of benzene rings is 1. The van der Waals surface area contributed by atoms with Crippen LogP contribution < -0.4 is 10.1 Å². The minimum atomic E-state index is -0.490. The van der Waals surface area contributed by atoms with Crippen LogP contribution in [-0.2, 0) is 0 Å². The van der Waals surface area contributed by atoms with Gasteiger partial charge in [0.25, 0.3) is 0 Å². The second kappa shape index (κ2) is 6.18. The Morgan fingerprint density at radius 1 is 1.21 bits per heavy atom. The molecule has 1 aromatic carbocycles. The summed E-state index contributed by atoms with van der Waals surface area (Å²) in [5, 5.41) is 3.17. The number of pyridine rings is 1. The first-order chi connectivity index (χ1) is 9.20. The Kier molecular flexibility index (Phi) is 4.34. The molecule has 3 nitrogen and oxygen atoms in total. The molecule has 100 valence electrons. The number of nitrogens with one attached hydrogen (secondary N) is 1. The van der Waals surface area contributed by atoms with E-state index < -0.39 is 5.95 Å². The number of halogens is 1. The minimum Gasteiger partial charge on any atom is -0.494 e. The average molecular weight is 260 g/mol. The Morgan fingerprint density at radius 2 is 2.00 bits per heavy atom. The predicted octanol–water partition coefficient (Wildman–Crippen LogP) is 3.79. The smallest absolute Gasteiger partial charge is 0.214 e. The first kappa shape index (κ1) is 13.3. The second-order valence-electron chi connectivity index (χ2n) is 4.18. The van der Waals surface area contributed by atoms with E-state index in [4.69, 9.17) is 4.74 Å². The summed E-state index contributed by atoms with van der Waals surface area (Å²) in [6, 6.07) is 12.5. The van der Waals surface area contributed by atoms with Crippen molar-refractivity contribution in [2.75, 3.05) is 11.9 Å². The van der Waals surface area contributed by atoms with E-state index in [-0.39, 0.29) is 6.04 Å². The first-order valence-electron chi connectivity index (χ1n) is 6.31. The zero-order valence-corrected chi connectivity index (χ0v) is 11.1. The van der Waals surface area contributed by atoms with E-state index in [0.717, 1.165) is 11.3 Å². The molecule has 0 aliphatic heterocycles. The van der Waals surface area contributed by atoms with Crippen molar-refractivity contribution >= 4 is 5.82 Å². The lowest BCUT2D eigenvalue weighted by atomic mass is 10.1. The maximum absolute atomic E-state index is 13.0. The second-order valence-corrected chi connectivity index (χ2v) is 4.18. The van der Waals surface area contributed by atoms with Crippen molar-refractivity contribution in [2.45, 2.75) is 19.9 Å². The van der Waals surface area contributed by atoms with Crippen molar-refractivity contribution in [1.29, 1.82) is 0 Å². The van der Waals surface area contributed by atoms with Gasteiger partial charge < -0.3 is 10.1 Å². The number of ether oxygens (including phenoxy) is 1. The quantitative estimate of drug-likeness (QED) is 0.830. The minimum absolute atomic E-state index is 0.0166. The topological polar surface area (TPSA) is 34.1 Å². The molecule has 0 amide bonds. The summed E-state index contributed by atoms with van der Waals surface area (Å²) in [7, 11) is 0. The monoisotopic (exact) mass is 260 g/mol. The number of nitrogens with zero attached hydrogens (tertiary/aromatic N) is 1. The van der Waals surface area contributed by atoms with Crippen LogP contribution in [0.1, 0.15) is 25.5 Å². The predicted molar refractivity (Wildman–Crippen MR) is 73.8 cm³/mol. The van der Waals surface area contributed by atoms with Gasteiger partial charge in [-0.05, 0) is 32.0 Å². The molecule has 0 radical (unpaired) electrons. The molecule has 19 heavy (non-hydrogen) atoms. The summed E-state index contributed by atoms with van der Waals surface area (Å²) in [5.74, 6) is 0.857. The number of para-hydroxylation sites is 1. The van der Waals surface area contributed by atoms with E-state index >= 15 is 0 Å².